The van der Waals surface area contributed by atoms with Gasteiger partial charge in [0.25, 0.3) is 0 Å². The predicted molar refractivity (Wildman–Crippen MR) is 74.1 cm³/mol. The molecule has 5 heteroatoms. The van der Waals surface area contributed by atoms with Gasteiger partial charge in [0.1, 0.15) is 0 Å². The molecular weight excluding hydrogens is 244 g/mol. The molecule has 0 aromatic rings. The van der Waals surface area contributed by atoms with Crippen LogP contribution in [0.2, 0.25) is 0 Å². The number of rotatable bonds is 6. The van der Waals surface area contributed by atoms with Gasteiger partial charge in [0.05, 0.1) is 6.42 Å². The van der Waals surface area contributed by atoms with Gasteiger partial charge in [-0.1, -0.05) is 32.6 Å². The van der Waals surface area contributed by atoms with Crippen molar-refractivity contribution in [2.45, 2.75) is 76.8 Å². The van der Waals surface area contributed by atoms with Crippen LogP contribution in [0.25, 0.3) is 0 Å². The summed E-state index contributed by atoms with van der Waals surface area (Å²) in [5, 5.41) is 14.6. The van der Waals surface area contributed by atoms with Crippen molar-refractivity contribution >= 4 is 12.0 Å². The van der Waals surface area contributed by atoms with E-state index in [0.717, 1.165) is 32.1 Å². The highest BCUT2D eigenvalue weighted by Gasteiger charge is 2.29. The van der Waals surface area contributed by atoms with Crippen LogP contribution >= 0.6 is 0 Å². The van der Waals surface area contributed by atoms with Crippen molar-refractivity contribution in [2.75, 3.05) is 0 Å². The highest BCUT2D eigenvalue weighted by molar-refractivity contribution is 5.76. The third-order valence-electron chi connectivity index (χ3n) is 3.77. The molecule has 1 rings (SSSR count). The fourth-order valence-corrected chi connectivity index (χ4v) is 2.74. The number of carbonyl (C=O) groups is 2. The summed E-state index contributed by atoms with van der Waals surface area (Å²) in [6.07, 6.45) is 7.05. The number of carbonyl (C=O) groups excluding carboxylic acids is 1. The third-order valence-corrected chi connectivity index (χ3v) is 3.77. The number of amides is 2. The molecule has 3 N–H and O–H groups in total. The van der Waals surface area contributed by atoms with E-state index in [1.807, 2.05) is 6.92 Å². The molecule has 1 unspecified atom stereocenters. The Morgan fingerprint density at radius 1 is 1.26 bits per heavy atom. The molecule has 5 nitrogen and oxygen atoms in total. The molecule has 1 aliphatic carbocycles. The van der Waals surface area contributed by atoms with Gasteiger partial charge in [-0.05, 0) is 26.2 Å². The van der Waals surface area contributed by atoms with E-state index in [9.17, 15) is 9.59 Å². The zero-order valence-corrected chi connectivity index (χ0v) is 12.0. The van der Waals surface area contributed by atoms with Crippen LogP contribution < -0.4 is 10.6 Å². The number of carboxylic acid groups (broad SMARTS) is 1. The summed E-state index contributed by atoms with van der Waals surface area (Å²) in [5.41, 5.74) is -0.137. The summed E-state index contributed by atoms with van der Waals surface area (Å²) in [6, 6.07) is -0.515. The molecule has 0 bridgehead atoms. The van der Waals surface area contributed by atoms with E-state index in [1.54, 1.807) is 0 Å². The van der Waals surface area contributed by atoms with Gasteiger partial charge in [-0.2, -0.15) is 0 Å². The fraction of sp³-hybridized carbons (Fsp3) is 0.857. The van der Waals surface area contributed by atoms with E-state index in [4.69, 9.17) is 5.11 Å². The minimum absolute atomic E-state index is 0.0159. The van der Waals surface area contributed by atoms with Crippen LogP contribution in [-0.4, -0.2) is 28.7 Å². The van der Waals surface area contributed by atoms with Crippen LogP contribution in [0.1, 0.15) is 65.2 Å². The maximum atomic E-state index is 12.0. The lowest BCUT2D eigenvalue weighted by Gasteiger charge is -2.35. The van der Waals surface area contributed by atoms with Gasteiger partial charge in [0.2, 0.25) is 0 Å². The molecule has 0 aromatic carbocycles. The Morgan fingerprint density at radius 2 is 1.89 bits per heavy atom. The molecule has 2 amide bonds. The number of nitrogens with one attached hydrogen (secondary N) is 2. The lowest BCUT2D eigenvalue weighted by Crippen LogP contribution is -2.53. The second-order valence-electron chi connectivity index (χ2n) is 5.80. The molecule has 0 heterocycles. The van der Waals surface area contributed by atoms with Gasteiger partial charge in [-0.25, -0.2) is 4.79 Å². The highest BCUT2D eigenvalue weighted by atomic mass is 16.4. The predicted octanol–water partition coefficient (Wildman–Crippen LogP) is 2.65. The number of hydrogen-bond donors (Lipinski definition) is 3. The molecule has 0 saturated heterocycles. The van der Waals surface area contributed by atoms with Crippen molar-refractivity contribution in [3.8, 4) is 0 Å². The zero-order valence-electron chi connectivity index (χ0n) is 12.0. The molecule has 0 aliphatic heterocycles. The normalized spacial score (nSPS) is 19.5. The van der Waals surface area contributed by atoms with Gasteiger partial charge in [-0.15, -0.1) is 0 Å². The minimum atomic E-state index is -0.873. The molecular formula is C14H26N2O3. The van der Waals surface area contributed by atoms with E-state index >= 15 is 0 Å². The van der Waals surface area contributed by atoms with Gasteiger partial charge in [-0.3, -0.25) is 4.79 Å². The highest BCUT2D eigenvalue weighted by Crippen LogP contribution is 2.27. The molecule has 0 aromatic heterocycles. The van der Waals surface area contributed by atoms with Crippen molar-refractivity contribution in [1.82, 2.24) is 10.6 Å². The molecule has 0 spiro atoms. The first-order valence-electron chi connectivity index (χ1n) is 7.25. The van der Waals surface area contributed by atoms with Gasteiger partial charge in [0.15, 0.2) is 0 Å². The summed E-state index contributed by atoms with van der Waals surface area (Å²) >= 11 is 0. The quantitative estimate of drug-likeness (QED) is 0.694. The average Bonchev–Trinajstić information content (AvgIpc) is 2.28. The maximum absolute atomic E-state index is 12.0. The van der Waals surface area contributed by atoms with Crippen molar-refractivity contribution < 1.29 is 14.7 Å². The molecule has 1 aliphatic rings. The Morgan fingerprint density at radius 3 is 2.42 bits per heavy atom. The second-order valence-corrected chi connectivity index (χ2v) is 5.80. The fourth-order valence-electron chi connectivity index (χ4n) is 2.74. The first-order chi connectivity index (χ1) is 8.95. The summed E-state index contributed by atoms with van der Waals surface area (Å²) in [5.74, 6) is -0.873. The first kappa shape index (κ1) is 15.8. The SMILES string of the molecule is CCCC(CC(=O)O)NC(=O)NC1(C)CCCCC1. The standard InChI is InChI=1S/C14H26N2O3/c1-3-7-11(10-12(17)18)15-13(19)16-14(2)8-5-4-6-9-14/h11H,3-10H2,1-2H3,(H,17,18)(H2,15,16,19). The van der Waals surface area contributed by atoms with Crippen LogP contribution in [0.3, 0.4) is 0 Å². The topological polar surface area (TPSA) is 78.4 Å². The van der Waals surface area contributed by atoms with E-state index in [-0.39, 0.29) is 24.0 Å². The van der Waals surface area contributed by atoms with Crippen LogP contribution in [0.4, 0.5) is 4.79 Å². The molecule has 110 valence electrons. The van der Waals surface area contributed by atoms with E-state index < -0.39 is 5.97 Å². The smallest absolute Gasteiger partial charge is 0.315 e. The van der Waals surface area contributed by atoms with Gasteiger partial charge >= 0.3 is 12.0 Å². The summed E-state index contributed by atoms with van der Waals surface area (Å²) in [7, 11) is 0. The number of hydrogen-bond acceptors (Lipinski definition) is 2. The number of aliphatic carboxylic acids is 1. The van der Waals surface area contributed by atoms with Crippen molar-refractivity contribution in [3.63, 3.8) is 0 Å². The average molecular weight is 270 g/mol. The molecule has 1 atom stereocenters. The van der Waals surface area contributed by atoms with Crippen LogP contribution in [0.15, 0.2) is 0 Å². The van der Waals surface area contributed by atoms with E-state index in [0.29, 0.717) is 6.42 Å². The summed E-state index contributed by atoms with van der Waals surface area (Å²) in [6.45, 7) is 4.05. The Hall–Kier alpha value is -1.26. The van der Waals surface area contributed by atoms with Crippen LogP contribution in [0.5, 0.6) is 0 Å². The first-order valence-corrected chi connectivity index (χ1v) is 7.25. The molecule has 19 heavy (non-hydrogen) atoms. The zero-order chi connectivity index (χ0) is 14.3. The third kappa shape index (κ3) is 5.94. The van der Waals surface area contributed by atoms with Gasteiger partial charge in [0, 0.05) is 11.6 Å². The maximum Gasteiger partial charge on any atom is 0.315 e. The Bertz CT molecular complexity index is 312. The van der Waals surface area contributed by atoms with Crippen molar-refractivity contribution in [3.05, 3.63) is 0 Å². The Kier molecular flexibility index (Phi) is 6.12. The number of carboxylic acids is 1. The molecule has 1 saturated carbocycles. The minimum Gasteiger partial charge on any atom is -0.481 e. The summed E-state index contributed by atoms with van der Waals surface area (Å²) < 4.78 is 0. The van der Waals surface area contributed by atoms with Gasteiger partial charge < -0.3 is 15.7 Å². The van der Waals surface area contributed by atoms with Crippen LogP contribution in [-0.2, 0) is 4.79 Å². The monoisotopic (exact) mass is 270 g/mol. The lowest BCUT2D eigenvalue weighted by atomic mass is 9.83. The van der Waals surface area contributed by atoms with Crippen molar-refractivity contribution in [1.29, 1.82) is 0 Å². The lowest BCUT2D eigenvalue weighted by molar-refractivity contribution is -0.137. The molecule has 1 fully saturated rings. The Labute approximate surface area is 115 Å². The van der Waals surface area contributed by atoms with Crippen LogP contribution in [0, 0.1) is 0 Å². The number of urea groups is 1. The van der Waals surface area contributed by atoms with E-state index in [2.05, 4.69) is 17.6 Å². The second kappa shape index (κ2) is 7.36. The summed E-state index contributed by atoms with van der Waals surface area (Å²) in [4.78, 5) is 22.7. The largest absolute Gasteiger partial charge is 0.481 e. The molecule has 0 radical (unpaired) electrons. The Balaban J connectivity index is 2.44. The van der Waals surface area contributed by atoms with E-state index in [1.165, 1.54) is 6.42 Å². The van der Waals surface area contributed by atoms with Crippen molar-refractivity contribution in [2.24, 2.45) is 0 Å².